The number of aliphatic hydroxyl groups excluding tert-OH is 1. The maximum atomic E-state index is 12.6. The number of H-pyrrole nitrogens is 1. The van der Waals surface area contributed by atoms with Gasteiger partial charge in [0, 0.05) is 32.8 Å². The molecule has 3 N–H and O–H groups in total. The summed E-state index contributed by atoms with van der Waals surface area (Å²) in [6, 6.07) is 3.02. The highest BCUT2D eigenvalue weighted by atomic mass is 16.2. The fourth-order valence-electron chi connectivity index (χ4n) is 6.13. The molecule has 9 nitrogen and oxygen atoms in total. The second-order valence-electron chi connectivity index (χ2n) is 11.6. The summed E-state index contributed by atoms with van der Waals surface area (Å²) in [6.07, 6.45) is 17.7. The first-order valence-corrected chi connectivity index (χ1v) is 14.9. The average molecular weight is 533 g/mol. The maximum absolute atomic E-state index is 12.6. The zero-order chi connectivity index (χ0) is 27.4. The molecular formula is C29H52N6O3. The van der Waals surface area contributed by atoms with Crippen LogP contribution in [0.4, 0.5) is 0 Å². The van der Waals surface area contributed by atoms with Gasteiger partial charge >= 0.3 is 0 Å². The molecule has 9 heteroatoms. The van der Waals surface area contributed by atoms with Crippen LogP contribution in [-0.2, 0) is 0 Å². The van der Waals surface area contributed by atoms with Gasteiger partial charge in [-0.3, -0.25) is 14.7 Å². The third-order valence-electron chi connectivity index (χ3n) is 8.96. The molecular weight excluding hydrogens is 480 g/mol. The second kappa shape index (κ2) is 15.7. The van der Waals surface area contributed by atoms with Crippen molar-refractivity contribution < 1.29 is 14.7 Å². The van der Waals surface area contributed by atoms with Gasteiger partial charge in [0.05, 0.1) is 11.2 Å². The van der Waals surface area contributed by atoms with Crippen LogP contribution in [0.25, 0.3) is 0 Å². The number of hydrogen-bond donors (Lipinski definition) is 3. The molecule has 1 aromatic rings. The number of amides is 1. The lowest BCUT2D eigenvalue weighted by molar-refractivity contribution is 0.0697. The highest BCUT2D eigenvalue weighted by molar-refractivity contribution is 5.94. The van der Waals surface area contributed by atoms with Crippen molar-refractivity contribution in [2.24, 2.45) is 0 Å². The molecule has 0 atom stereocenters. The van der Waals surface area contributed by atoms with Gasteiger partial charge in [0.25, 0.3) is 5.91 Å². The Morgan fingerprint density at radius 1 is 1.05 bits per heavy atom. The molecule has 216 valence electrons. The number of likely N-dealkylation sites (tertiary alicyclic amines) is 2. The van der Waals surface area contributed by atoms with Gasteiger partial charge in [0.2, 0.25) is 0 Å². The lowest BCUT2D eigenvalue weighted by atomic mass is 10.0. The fraction of sp³-hybridized carbons (Fsp3) is 0.828. The van der Waals surface area contributed by atoms with Gasteiger partial charge in [-0.25, -0.2) is 0 Å². The zero-order valence-corrected chi connectivity index (χ0v) is 24.1. The van der Waals surface area contributed by atoms with Crippen LogP contribution in [0.2, 0.25) is 0 Å². The first-order valence-electron chi connectivity index (χ1n) is 14.9. The Bertz CT molecular complexity index is 820. The quantitative estimate of drug-likeness (QED) is 0.366. The van der Waals surface area contributed by atoms with E-state index in [0.29, 0.717) is 23.7 Å². The Morgan fingerprint density at radius 2 is 1.66 bits per heavy atom. The van der Waals surface area contributed by atoms with Crippen LogP contribution >= 0.6 is 0 Å². The summed E-state index contributed by atoms with van der Waals surface area (Å²) in [5, 5.41) is 17.2. The van der Waals surface area contributed by atoms with Crippen molar-refractivity contribution >= 4 is 12.2 Å². The van der Waals surface area contributed by atoms with Gasteiger partial charge in [-0.15, -0.1) is 0 Å². The highest BCUT2D eigenvalue weighted by Gasteiger charge is 2.48. The number of carbonyl (C=O) groups excluding carboxylic acids is 2. The van der Waals surface area contributed by atoms with Crippen LogP contribution in [0.15, 0.2) is 6.07 Å². The van der Waals surface area contributed by atoms with Crippen LogP contribution in [0.3, 0.4) is 0 Å². The van der Waals surface area contributed by atoms with E-state index in [4.69, 9.17) is 5.11 Å². The van der Waals surface area contributed by atoms with E-state index in [9.17, 15) is 9.59 Å². The minimum absolute atomic E-state index is 0.0797. The predicted octanol–water partition coefficient (Wildman–Crippen LogP) is 3.31. The summed E-state index contributed by atoms with van der Waals surface area (Å²) in [4.78, 5) is 30.3. The topological polar surface area (TPSA) is 105 Å². The normalized spacial score (nSPS) is 22.7. The highest BCUT2D eigenvalue weighted by Crippen LogP contribution is 2.41. The molecule has 2 aliphatic heterocycles. The zero-order valence-electron chi connectivity index (χ0n) is 24.1. The molecule has 0 aromatic carbocycles. The Balaban J connectivity index is 0.000000225. The molecule has 38 heavy (non-hydrogen) atoms. The molecule has 3 heterocycles. The van der Waals surface area contributed by atoms with E-state index in [1.54, 1.807) is 0 Å². The molecule has 2 aliphatic carbocycles. The Morgan fingerprint density at radius 3 is 2.21 bits per heavy atom. The number of aliphatic hydroxyl groups is 1. The lowest BCUT2D eigenvalue weighted by Gasteiger charge is -2.39. The van der Waals surface area contributed by atoms with Crippen LogP contribution in [-0.4, -0.2) is 114 Å². The van der Waals surface area contributed by atoms with Crippen LogP contribution in [0.5, 0.6) is 0 Å². The molecule has 0 bridgehead atoms. The van der Waals surface area contributed by atoms with Gasteiger partial charge in [-0.05, 0) is 90.7 Å². The Labute approximate surface area is 229 Å². The van der Waals surface area contributed by atoms with Gasteiger partial charge in [-0.1, -0.05) is 32.1 Å². The number of piperidine rings is 2. The van der Waals surface area contributed by atoms with E-state index in [0.717, 1.165) is 32.5 Å². The SMILES string of the molecule is CN(C(=O)c1cc(C=O)[nH]n1)C1(CNC2CCCCCC2)CC1.CN1CCC(N2CCCCC2)CC1.CO. The minimum Gasteiger partial charge on any atom is -0.400 e. The monoisotopic (exact) mass is 532 g/mol. The van der Waals surface area contributed by atoms with E-state index >= 15 is 0 Å². The van der Waals surface area contributed by atoms with Crippen LogP contribution < -0.4 is 5.32 Å². The number of carbonyl (C=O) groups is 2. The van der Waals surface area contributed by atoms with Gasteiger partial charge in [-0.2, -0.15) is 5.10 Å². The molecule has 4 fully saturated rings. The van der Waals surface area contributed by atoms with Crippen LogP contribution in [0, 0.1) is 0 Å². The lowest BCUT2D eigenvalue weighted by Crippen LogP contribution is -2.47. The largest absolute Gasteiger partial charge is 0.400 e. The minimum atomic E-state index is -0.116. The molecule has 1 aromatic heterocycles. The Hall–Kier alpha value is -1.81. The number of rotatable bonds is 7. The number of aromatic nitrogens is 2. The van der Waals surface area contributed by atoms with Crippen molar-refractivity contribution in [2.75, 3.05) is 53.9 Å². The molecule has 2 saturated carbocycles. The molecule has 0 spiro atoms. The summed E-state index contributed by atoms with van der Waals surface area (Å²) in [7, 11) is 5.09. The number of aromatic amines is 1. The number of aldehydes is 1. The average Bonchev–Trinajstić information content (AvgIpc) is 3.69. The summed E-state index contributed by atoms with van der Waals surface area (Å²) in [5.41, 5.74) is 0.572. The molecule has 0 unspecified atom stereocenters. The van der Waals surface area contributed by atoms with E-state index < -0.39 is 0 Å². The predicted molar refractivity (Wildman–Crippen MR) is 152 cm³/mol. The van der Waals surface area contributed by atoms with Crippen LogP contribution in [0.1, 0.15) is 104 Å². The van der Waals surface area contributed by atoms with Crippen molar-refractivity contribution in [1.82, 2.24) is 30.2 Å². The van der Waals surface area contributed by atoms with Gasteiger partial charge < -0.3 is 25.1 Å². The first-order chi connectivity index (χ1) is 18.5. The molecule has 1 amide bonds. The third kappa shape index (κ3) is 8.86. The van der Waals surface area contributed by atoms with Crippen molar-refractivity contribution in [1.29, 1.82) is 0 Å². The van der Waals surface area contributed by atoms with E-state index in [2.05, 4.69) is 32.4 Å². The number of likely N-dealkylation sites (N-methyl/N-ethyl adjacent to an activating group) is 1. The van der Waals surface area contributed by atoms with Gasteiger partial charge in [0.1, 0.15) is 0 Å². The summed E-state index contributed by atoms with van der Waals surface area (Å²) >= 11 is 0. The number of nitrogens with one attached hydrogen (secondary N) is 2. The first kappa shape index (κ1) is 30.7. The smallest absolute Gasteiger partial charge is 0.274 e. The van der Waals surface area contributed by atoms with E-state index in [-0.39, 0.29) is 11.4 Å². The molecule has 0 radical (unpaired) electrons. The standard InChI is InChI=1S/C17H26N4O2.C11H22N2.CH4O/c1-21(16(23)15-10-14(11-22)19-20-15)17(8-9-17)12-18-13-6-4-2-3-5-7-13;1-12-9-5-11(6-10-12)13-7-3-2-4-8-13;1-2/h10-11,13,18H,2-9,12H2,1H3,(H,19,20);11H,2-10H2,1H3;2H,1H3. The van der Waals surface area contributed by atoms with E-state index in [1.807, 2.05) is 11.9 Å². The van der Waals surface area contributed by atoms with E-state index in [1.165, 1.54) is 103 Å². The molecule has 2 saturated heterocycles. The van der Waals surface area contributed by atoms with Crippen molar-refractivity contribution in [2.45, 2.75) is 101 Å². The number of nitrogens with zero attached hydrogens (tertiary/aromatic N) is 4. The Kier molecular flexibility index (Phi) is 12.7. The van der Waals surface area contributed by atoms with Crippen molar-refractivity contribution in [3.05, 3.63) is 17.5 Å². The summed E-state index contributed by atoms with van der Waals surface area (Å²) in [5.74, 6) is -0.116. The second-order valence-corrected chi connectivity index (χ2v) is 11.6. The summed E-state index contributed by atoms with van der Waals surface area (Å²) in [6.45, 7) is 6.20. The fourth-order valence-corrected chi connectivity index (χ4v) is 6.13. The third-order valence-corrected chi connectivity index (χ3v) is 8.96. The number of hydrogen-bond acceptors (Lipinski definition) is 7. The summed E-state index contributed by atoms with van der Waals surface area (Å²) < 4.78 is 0. The molecule has 5 rings (SSSR count). The van der Waals surface area contributed by atoms with Gasteiger partial charge in [0.15, 0.2) is 12.0 Å². The maximum Gasteiger partial charge on any atom is 0.274 e. The van der Waals surface area contributed by atoms with Crippen molar-refractivity contribution in [3.8, 4) is 0 Å². The molecule has 4 aliphatic rings. The van der Waals surface area contributed by atoms with Crippen molar-refractivity contribution in [3.63, 3.8) is 0 Å².